The van der Waals surface area contributed by atoms with Crippen molar-refractivity contribution < 1.29 is 0 Å². The second kappa shape index (κ2) is 5.90. The number of rotatable bonds is 4. The Balaban J connectivity index is 2.86. The first-order valence-electron chi connectivity index (χ1n) is 5.38. The van der Waals surface area contributed by atoms with Crippen molar-refractivity contribution in [1.29, 1.82) is 0 Å². The van der Waals surface area contributed by atoms with Crippen molar-refractivity contribution >= 4 is 11.6 Å². The summed E-state index contributed by atoms with van der Waals surface area (Å²) in [6.45, 7) is 6.12. The predicted molar refractivity (Wildman–Crippen MR) is 67.6 cm³/mol. The SMILES string of the molecule is C\C=C(/C=C\C(=C/C)n1cnc(N)n1)CC. The van der Waals surface area contributed by atoms with Gasteiger partial charge in [-0.3, -0.25) is 0 Å². The number of hydrogen-bond donors (Lipinski definition) is 1. The van der Waals surface area contributed by atoms with Crippen LogP contribution in [0.5, 0.6) is 0 Å². The molecule has 0 unspecified atom stereocenters. The van der Waals surface area contributed by atoms with Crippen LogP contribution >= 0.6 is 0 Å². The molecule has 0 spiro atoms. The molecule has 0 bridgehead atoms. The minimum Gasteiger partial charge on any atom is -0.366 e. The molecule has 4 heteroatoms. The van der Waals surface area contributed by atoms with Crippen LogP contribution in [-0.4, -0.2) is 14.8 Å². The minimum atomic E-state index is 0.287. The quantitative estimate of drug-likeness (QED) is 0.790. The van der Waals surface area contributed by atoms with Crippen molar-refractivity contribution in [1.82, 2.24) is 14.8 Å². The van der Waals surface area contributed by atoms with Gasteiger partial charge in [0, 0.05) is 0 Å². The zero-order valence-corrected chi connectivity index (χ0v) is 10.0. The van der Waals surface area contributed by atoms with E-state index in [1.54, 1.807) is 11.0 Å². The van der Waals surface area contributed by atoms with Gasteiger partial charge in [0.05, 0.1) is 5.70 Å². The Morgan fingerprint density at radius 3 is 2.56 bits per heavy atom. The van der Waals surface area contributed by atoms with Gasteiger partial charge in [0.2, 0.25) is 5.95 Å². The van der Waals surface area contributed by atoms with Gasteiger partial charge in [0.15, 0.2) is 0 Å². The van der Waals surface area contributed by atoms with E-state index in [2.05, 4.69) is 29.2 Å². The maximum absolute atomic E-state index is 5.47. The Hall–Kier alpha value is -1.84. The highest BCUT2D eigenvalue weighted by Crippen LogP contribution is 2.09. The predicted octanol–water partition coefficient (Wildman–Crippen LogP) is 2.63. The first-order valence-corrected chi connectivity index (χ1v) is 5.38. The third kappa shape index (κ3) is 3.08. The molecule has 0 aliphatic carbocycles. The van der Waals surface area contributed by atoms with Crippen LogP contribution < -0.4 is 5.73 Å². The maximum Gasteiger partial charge on any atom is 0.239 e. The van der Waals surface area contributed by atoms with Gasteiger partial charge in [-0.2, -0.15) is 0 Å². The lowest BCUT2D eigenvalue weighted by atomic mass is 10.1. The van der Waals surface area contributed by atoms with Gasteiger partial charge >= 0.3 is 0 Å². The van der Waals surface area contributed by atoms with Crippen molar-refractivity contribution in [2.45, 2.75) is 27.2 Å². The largest absolute Gasteiger partial charge is 0.366 e. The highest BCUT2D eigenvalue weighted by molar-refractivity contribution is 5.57. The first-order chi connectivity index (χ1) is 7.71. The Kier molecular flexibility index (Phi) is 4.51. The molecule has 0 saturated carbocycles. The molecule has 1 rings (SSSR count). The van der Waals surface area contributed by atoms with Gasteiger partial charge in [-0.25, -0.2) is 9.67 Å². The number of nitrogen functional groups attached to an aromatic ring is 1. The fourth-order valence-electron chi connectivity index (χ4n) is 1.32. The normalized spacial score (nSPS) is 13.7. The number of nitrogens with zero attached hydrogens (tertiary/aromatic N) is 3. The van der Waals surface area contributed by atoms with E-state index in [4.69, 9.17) is 5.73 Å². The molecule has 0 atom stereocenters. The van der Waals surface area contributed by atoms with Gasteiger partial charge in [0.1, 0.15) is 6.33 Å². The fraction of sp³-hybridized carbons (Fsp3) is 0.333. The summed E-state index contributed by atoms with van der Waals surface area (Å²) >= 11 is 0. The van der Waals surface area contributed by atoms with Crippen molar-refractivity contribution in [3.63, 3.8) is 0 Å². The molecule has 2 N–H and O–H groups in total. The summed E-state index contributed by atoms with van der Waals surface area (Å²) in [7, 11) is 0. The molecule has 0 saturated heterocycles. The van der Waals surface area contributed by atoms with Crippen LogP contribution in [0.1, 0.15) is 27.2 Å². The lowest BCUT2D eigenvalue weighted by molar-refractivity contribution is 0.911. The van der Waals surface area contributed by atoms with Crippen molar-refractivity contribution in [3.8, 4) is 0 Å². The minimum absolute atomic E-state index is 0.287. The maximum atomic E-state index is 5.47. The molecular formula is C12H18N4. The van der Waals surface area contributed by atoms with Gasteiger partial charge in [-0.05, 0) is 26.3 Å². The average Bonchev–Trinajstić information content (AvgIpc) is 2.71. The summed E-state index contributed by atoms with van der Waals surface area (Å²) in [5.74, 6) is 0.287. The van der Waals surface area contributed by atoms with Crippen LogP contribution in [0, 0.1) is 0 Å². The molecule has 1 heterocycles. The first kappa shape index (κ1) is 12.2. The summed E-state index contributed by atoms with van der Waals surface area (Å²) in [4.78, 5) is 3.89. The lowest BCUT2D eigenvalue weighted by Crippen LogP contribution is -1.96. The summed E-state index contributed by atoms with van der Waals surface area (Å²) in [5, 5.41) is 4.06. The van der Waals surface area contributed by atoms with Crippen LogP contribution in [0.25, 0.3) is 5.70 Å². The molecule has 1 aromatic heterocycles. The molecule has 0 aromatic carbocycles. The Bertz CT molecular complexity index is 424. The van der Waals surface area contributed by atoms with Gasteiger partial charge in [-0.1, -0.05) is 30.7 Å². The topological polar surface area (TPSA) is 56.7 Å². The zero-order chi connectivity index (χ0) is 12.0. The average molecular weight is 218 g/mol. The van der Waals surface area contributed by atoms with Gasteiger partial charge in [0.25, 0.3) is 0 Å². The summed E-state index contributed by atoms with van der Waals surface area (Å²) in [6, 6.07) is 0. The van der Waals surface area contributed by atoms with E-state index in [0.717, 1.165) is 12.1 Å². The Morgan fingerprint density at radius 2 is 2.12 bits per heavy atom. The third-order valence-electron chi connectivity index (χ3n) is 2.32. The molecular weight excluding hydrogens is 200 g/mol. The molecule has 86 valence electrons. The number of aromatic nitrogens is 3. The van der Waals surface area contributed by atoms with Crippen LogP contribution in [-0.2, 0) is 0 Å². The van der Waals surface area contributed by atoms with E-state index in [9.17, 15) is 0 Å². The highest BCUT2D eigenvalue weighted by Gasteiger charge is 1.98. The van der Waals surface area contributed by atoms with Crippen LogP contribution in [0.15, 0.2) is 36.2 Å². The third-order valence-corrected chi connectivity index (χ3v) is 2.32. The standard InChI is InChI=1S/C12H18N4/c1-4-10(5-2)7-8-11(6-3)16-9-14-12(13)15-16/h4,6-9H,5H2,1-3H3,(H2,13,15)/b8-7-,10-4-,11-6+. The van der Waals surface area contributed by atoms with Crippen molar-refractivity contribution in [2.75, 3.05) is 5.73 Å². The molecule has 0 aliphatic rings. The van der Waals surface area contributed by atoms with Crippen LogP contribution in [0.4, 0.5) is 5.95 Å². The number of hydrogen-bond acceptors (Lipinski definition) is 3. The molecule has 0 aliphatic heterocycles. The fourth-order valence-corrected chi connectivity index (χ4v) is 1.32. The van der Waals surface area contributed by atoms with Crippen molar-refractivity contribution in [2.24, 2.45) is 0 Å². The zero-order valence-electron chi connectivity index (χ0n) is 10.0. The molecule has 4 nitrogen and oxygen atoms in total. The van der Waals surface area contributed by atoms with E-state index in [0.29, 0.717) is 0 Å². The number of anilines is 1. The number of allylic oxidation sites excluding steroid dienone is 6. The monoisotopic (exact) mass is 218 g/mol. The Morgan fingerprint density at radius 1 is 1.38 bits per heavy atom. The smallest absolute Gasteiger partial charge is 0.239 e. The van der Waals surface area contributed by atoms with E-state index in [1.807, 2.05) is 26.0 Å². The summed E-state index contributed by atoms with van der Waals surface area (Å²) in [6.07, 6.45) is 10.8. The molecule has 0 radical (unpaired) electrons. The molecule has 0 amide bonds. The number of nitrogens with two attached hydrogens (primary N) is 1. The van der Waals surface area contributed by atoms with Crippen molar-refractivity contribution in [3.05, 3.63) is 36.2 Å². The van der Waals surface area contributed by atoms with E-state index in [1.165, 1.54) is 5.57 Å². The second-order valence-corrected chi connectivity index (χ2v) is 3.31. The van der Waals surface area contributed by atoms with E-state index >= 15 is 0 Å². The van der Waals surface area contributed by atoms with Gasteiger partial charge in [-0.15, -0.1) is 5.10 Å². The molecule has 16 heavy (non-hydrogen) atoms. The molecule has 1 aromatic rings. The molecule has 0 fully saturated rings. The lowest BCUT2D eigenvalue weighted by Gasteiger charge is -2.00. The second-order valence-electron chi connectivity index (χ2n) is 3.31. The van der Waals surface area contributed by atoms with E-state index in [-0.39, 0.29) is 5.95 Å². The van der Waals surface area contributed by atoms with Gasteiger partial charge < -0.3 is 5.73 Å². The van der Waals surface area contributed by atoms with Crippen LogP contribution in [0.2, 0.25) is 0 Å². The summed E-state index contributed by atoms with van der Waals surface area (Å²) in [5.41, 5.74) is 7.71. The summed E-state index contributed by atoms with van der Waals surface area (Å²) < 4.78 is 1.66. The van der Waals surface area contributed by atoms with Crippen LogP contribution in [0.3, 0.4) is 0 Å². The highest BCUT2D eigenvalue weighted by atomic mass is 15.4. The Labute approximate surface area is 96.2 Å². The van der Waals surface area contributed by atoms with E-state index < -0.39 is 0 Å².